The van der Waals surface area contributed by atoms with Gasteiger partial charge in [0.25, 0.3) is 0 Å². The molecule has 0 atom stereocenters. The van der Waals surface area contributed by atoms with Gasteiger partial charge in [0, 0.05) is 12.5 Å². The fourth-order valence-electron chi connectivity index (χ4n) is 1.84. The Labute approximate surface area is 116 Å². The van der Waals surface area contributed by atoms with Gasteiger partial charge in [-0.1, -0.05) is 0 Å². The van der Waals surface area contributed by atoms with Crippen LogP contribution in [-0.2, 0) is 4.79 Å². The fourth-order valence-corrected chi connectivity index (χ4v) is 1.84. The quantitative estimate of drug-likeness (QED) is 0.877. The van der Waals surface area contributed by atoms with E-state index < -0.39 is 0 Å². The Hall–Kier alpha value is -2.21. The normalized spacial score (nSPS) is 10.6. The highest BCUT2D eigenvalue weighted by Gasteiger charge is 2.10. The molecule has 1 heterocycles. The summed E-state index contributed by atoms with van der Waals surface area (Å²) in [6.07, 6.45) is 1.000. The number of rotatable bonds is 5. The van der Waals surface area contributed by atoms with E-state index in [0.717, 1.165) is 5.69 Å². The van der Waals surface area contributed by atoms with E-state index in [0.29, 0.717) is 30.9 Å². The van der Waals surface area contributed by atoms with Crippen molar-refractivity contribution in [3.05, 3.63) is 41.8 Å². The Morgan fingerprint density at radius 2 is 2.10 bits per heavy atom. The molecule has 0 radical (unpaired) electrons. The molecule has 0 aliphatic rings. The van der Waals surface area contributed by atoms with Gasteiger partial charge in [0.1, 0.15) is 11.6 Å². The van der Waals surface area contributed by atoms with Crippen LogP contribution in [0.25, 0.3) is 5.69 Å². The van der Waals surface area contributed by atoms with Crippen LogP contribution in [0.4, 0.5) is 10.2 Å². The lowest BCUT2D eigenvalue weighted by Gasteiger charge is -2.08. The zero-order valence-electron chi connectivity index (χ0n) is 11.3. The molecule has 0 saturated heterocycles. The van der Waals surface area contributed by atoms with E-state index in [4.69, 9.17) is 5.73 Å². The number of benzene rings is 1. The number of nitrogens with zero attached hydrogens (tertiary/aromatic N) is 2. The summed E-state index contributed by atoms with van der Waals surface area (Å²) in [5, 5.41) is 7.09. The van der Waals surface area contributed by atoms with Crippen molar-refractivity contribution in [2.75, 3.05) is 11.9 Å². The number of carbonyl (C=O) groups excluding carboxylic acids is 1. The third kappa shape index (κ3) is 3.42. The minimum Gasteiger partial charge on any atom is -0.330 e. The van der Waals surface area contributed by atoms with Crippen molar-refractivity contribution in [3.63, 3.8) is 0 Å². The Morgan fingerprint density at radius 3 is 2.75 bits per heavy atom. The summed E-state index contributed by atoms with van der Waals surface area (Å²) in [6.45, 7) is 2.30. The van der Waals surface area contributed by atoms with Crippen molar-refractivity contribution in [2.24, 2.45) is 5.73 Å². The largest absolute Gasteiger partial charge is 0.330 e. The smallest absolute Gasteiger partial charge is 0.225 e. The molecule has 0 fully saturated rings. The van der Waals surface area contributed by atoms with Gasteiger partial charge in [-0.25, -0.2) is 9.07 Å². The van der Waals surface area contributed by atoms with Crippen LogP contribution in [0.15, 0.2) is 30.3 Å². The van der Waals surface area contributed by atoms with Crippen LogP contribution in [-0.4, -0.2) is 22.2 Å². The second kappa shape index (κ2) is 6.29. The molecule has 1 aromatic carbocycles. The minimum atomic E-state index is -0.314. The van der Waals surface area contributed by atoms with Crippen molar-refractivity contribution < 1.29 is 9.18 Å². The standard InChI is InChI=1S/C14H17FN4O/c1-10-9-13(17-14(20)3-2-8-16)19(18-10)12-6-4-11(15)5-7-12/h4-7,9H,2-3,8,16H2,1H3,(H,17,20). The predicted octanol–water partition coefficient (Wildman–Crippen LogP) is 2.00. The van der Waals surface area contributed by atoms with Crippen LogP contribution in [0, 0.1) is 12.7 Å². The van der Waals surface area contributed by atoms with E-state index in [9.17, 15) is 9.18 Å². The van der Waals surface area contributed by atoms with Gasteiger partial charge < -0.3 is 11.1 Å². The molecule has 1 aromatic heterocycles. The van der Waals surface area contributed by atoms with Gasteiger partial charge in [-0.3, -0.25) is 4.79 Å². The second-order valence-electron chi connectivity index (χ2n) is 4.50. The molecule has 0 unspecified atom stereocenters. The average Bonchev–Trinajstić information content (AvgIpc) is 2.78. The molecule has 2 aromatic rings. The zero-order valence-corrected chi connectivity index (χ0v) is 11.3. The number of hydrogen-bond acceptors (Lipinski definition) is 3. The van der Waals surface area contributed by atoms with Gasteiger partial charge in [-0.05, 0) is 44.2 Å². The molecule has 0 saturated carbocycles. The maximum Gasteiger partial charge on any atom is 0.225 e. The number of amides is 1. The molecule has 6 heteroatoms. The van der Waals surface area contributed by atoms with Gasteiger partial charge in [0.05, 0.1) is 11.4 Å². The molecule has 0 aliphatic heterocycles. The molecule has 0 bridgehead atoms. The molecule has 2 rings (SSSR count). The first-order chi connectivity index (χ1) is 9.60. The number of anilines is 1. The van der Waals surface area contributed by atoms with Gasteiger partial charge in [-0.2, -0.15) is 5.10 Å². The van der Waals surface area contributed by atoms with E-state index in [-0.39, 0.29) is 11.7 Å². The number of carbonyl (C=O) groups is 1. The number of halogens is 1. The first-order valence-electron chi connectivity index (χ1n) is 6.42. The maximum atomic E-state index is 12.9. The maximum absolute atomic E-state index is 12.9. The van der Waals surface area contributed by atoms with Crippen LogP contribution >= 0.6 is 0 Å². The van der Waals surface area contributed by atoms with Crippen molar-refractivity contribution >= 4 is 11.7 Å². The van der Waals surface area contributed by atoms with E-state index in [1.807, 2.05) is 6.92 Å². The summed E-state index contributed by atoms with van der Waals surface area (Å²) in [4.78, 5) is 11.8. The highest BCUT2D eigenvalue weighted by atomic mass is 19.1. The van der Waals surface area contributed by atoms with E-state index in [1.165, 1.54) is 12.1 Å². The van der Waals surface area contributed by atoms with Crippen LogP contribution in [0.1, 0.15) is 18.5 Å². The lowest BCUT2D eigenvalue weighted by Crippen LogP contribution is -2.16. The topological polar surface area (TPSA) is 72.9 Å². The summed E-state index contributed by atoms with van der Waals surface area (Å²) in [7, 11) is 0. The third-order valence-corrected chi connectivity index (χ3v) is 2.78. The summed E-state index contributed by atoms with van der Waals surface area (Å²) in [6, 6.07) is 7.69. The number of aromatic nitrogens is 2. The lowest BCUT2D eigenvalue weighted by molar-refractivity contribution is -0.116. The average molecular weight is 276 g/mol. The Kier molecular flexibility index (Phi) is 4.47. The van der Waals surface area contributed by atoms with Crippen LogP contribution in [0.5, 0.6) is 0 Å². The summed E-state index contributed by atoms with van der Waals surface area (Å²) >= 11 is 0. The minimum absolute atomic E-state index is 0.112. The summed E-state index contributed by atoms with van der Waals surface area (Å²) in [5.74, 6) is 0.140. The Bertz CT molecular complexity index is 592. The number of hydrogen-bond donors (Lipinski definition) is 2. The number of nitrogens with one attached hydrogen (secondary N) is 1. The molecular weight excluding hydrogens is 259 g/mol. The van der Waals surface area contributed by atoms with Crippen LogP contribution < -0.4 is 11.1 Å². The lowest BCUT2D eigenvalue weighted by atomic mass is 10.3. The van der Waals surface area contributed by atoms with Gasteiger partial charge in [-0.15, -0.1) is 0 Å². The molecular formula is C14H17FN4O. The predicted molar refractivity (Wildman–Crippen MR) is 75.2 cm³/mol. The van der Waals surface area contributed by atoms with Crippen molar-refractivity contribution in [1.29, 1.82) is 0 Å². The molecule has 5 nitrogen and oxygen atoms in total. The number of nitrogens with two attached hydrogens (primary N) is 1. The van der Waals surface area contributed by atoms with Crippen LogP contribution in [0.2, 0.25) is 0 Å². The van der Waals surface area contributed by atoms with Crippen molar-refractivity contribution in [2.45, 2.75) is 19.8 Å². The SMILES string of the molecule is Cc1cc(NC(=O)CCCN)n(-c2ccc(F)cc2)n1. The third-order valence-electron chi connectivity index (χ3n) is 2.78. The second-order valence-corrected chi connectivity index (χ2v) is 4.50. The first-order valence-corrected chi connectivity index (χ1v) is 6.42. The molecule has 106 valence electrons. The Morgan fingerprint density at radius 1 is 1.40 bits per heavy atom. The van der Waals surface area contributed by atoms with E-state index in [1.54, 1.807) is 22.9 Å². The summed E-state index contributed by atoms with van der Waals surface area (Å²) in [5.41, 5.74) is 6.83. The fraction of sp³-hybridized carbons (Fsp3) is 0.286. The van der Waals surface area contributed by atoms with Gasteiger partial charge >= 0.3 is 0 Å². The highest BCUT2D eigenvalue weighted by Crippen LogP contribution is 2.17. The van der Waals surface area contributed by atoms with Crippen molar-refractivity contribution in [3.8, 4) is 5.69 Å². The summed E-state index contributed by atoms with van der Waals surface area (Å²) < 4.78 is 14.5. The Balaban J connectivity index is 2.22. The van der Waals surface area contributed by atoms with Crippen LogP contribution in [0.3, 0.4) is 0 Å². The monoisotopic (exact) mass is 276 g/mol. The molecule has 20 heavy (non-hydrogen) atoms. The highest BCUT2D eigenvalue weighted by molar-refractivity contribution is 5.90. The van der Waals surface area contributed by atoms with Crippen molar-refractivity contribution in [1.82, 2.24) is 9.78 Å². The first kappa shape index (κ1) is 14.2. The molecule has 0 aliphatic carbocycles. The zero-order chi connectivity index (χ0) is 14.5. The van der Waals surface area contributed by atoms with E-state index in [2.05, 4.69) is 10.4 Å². The van der Waals surface area contributed by atoms with E-state index >= 15 is 0 Å². The van der Waals surface area contributed by atoms with Gasteiger partial charge in [0.15, 0.2) is 0 Å². The van der Waals surface area contributed by atoms with Gasteiger partial charge in [0.2, 0.25) is 5.91 Å². The number of aryl methyl sites for hydroxylation is 1. The molecule has 1 amide bonds. The molecule has 0 spiro atoms. The molecule has 3 N–H and O–H groups in total.